The Labute approximate surface area is 82.9 Å². The number of hydrogen-bond donors (Lipinski definition) is 2. The Morgan fingerprint density at radius 2 is 2.21 bits per heavy atom. The lowest BCUT2D eigenvalue weighted by Crippen LogP contribution is -2.38. The number of aliphatic hydroxyl groups excluding tert-OH is 1. The number of fused-ring (bicyclic) bond motifs is 1. The number of aliphatic carboxylic acids is 1. The summed E-state index contributed by atoms with van der Waals surface area (Å²) in [4.78, 5) is 11.0. The zero-order valence-corrected chi connectivity index (χ0v) is 8.22. The third kappa shape index (κ3) is 1.42. The molecule has 1 heterocycles. The topological polar surface area (TPSA) is 66.8 Å². The summed E-state index contributed by atoms with van der Waals surface area (Å²) in [5.74, 6) is -0.639. The highest BCUT2D eigenvalue weighted by Gasteiger charge is 2.49. The fourth-order valence-corrected chi connectivity index (χ4v) is 3.03. The predicted octanol–water partition coefficient (Wildman–Crippen LogP) is 0.698. The summed E-state index contributed by atoms with van der Waals surface area (Å²) in [6, 6.07) is 0. The van der Waals surface area contributed by atoms with E-state index >= 15 is 0 Å². The molecule has 0 bridgehead atoms. The van der Waals surface area contributed by atoms with Crippen LogP contribution in [-0.4, -0.2) is 29.1 Å². The van der Waals surface area contributed by atoms with Crippen molar-refractivity contribution in [1.29, 1.82) is 0 Å². The Hall–Kier alpha value is -0.610. The monoisotopic (exact) mass is 200 g/mol. The molecule has 2 fully saturated rings. The van der Waals surface area contributed by atoms with E-state index in [1.54, 1.807) is 0 Å². The largest absolute Gasteiger partial charge is 0.481 e. The lowest BCUT2D eigenvalue weighted by atomic mass is 9.83. The number of carbonyl (C=O) groups is 1. The zero-order chi connectivity index (χ0) is 10.3. The Morgan fingerprint density at radius 1 is 1.50 bits per heavy atom. The van der Waals surface area contributed by atoms with E-state index in [1.165, 1.54) is 0 Å². The van der Waals surface area contributed by atoms with Crippen LogP contribution in [0.3, 0.4) is 0 Å². The first-order valence-corrected chi connectivity index (χ1v) is 5.13. The number of hydrogen-bond acceptors (Lipinski definition) is 3. The van der Waals surface area contributed by atoms with Crippen molar-refractivity contribution in [3.8, 4) is 0 Å². The molecule has 4 heteroatoms. The van der Waals surface area contributed by atoms with Crippen LogP contribution in [-0.2, 0) is 9.53 Å². The first kappa shape index (κ1) is 9.93. The summed E-state index contributed by atoms with van der Waals surface area (Å²) in [6.45, 7) is 2.48. The predicted molar refractivity (Wildman–Crippen MR) is 48.5 cm³/mol. The summed E-state index contributed by atoms with van der Waals surface area (Å²) >= 11 is 0. The molecule has 0 radical (unpaired) electrons. The van der Waals surface area contributed by atoms with Gasteiger partial charge in [-0.25, -0.2) is 0 Å². The van der Waals surface area contributed by atoms with Crippen LogP contribution in [0.5, 0.6) is 0 Å². The maximum absolute atomic E-state index is 11.0. The maximum Gasteiger partial charge on any atom is 0.306 e. The van der Waals surface area contributed by atoms with Gasteiger partial charge in [-0.1, -0.05) is 6.92 Å². The zero-order valence-electron chi connectivity index (χ0n) is 8.22. The minimum atomic E-state index is -0.756. The van der Waals surface area contributed by atoms with Crippen molar-refractivity contribution >= 4 is 5.97 Å². The van der Waals surface area contributed by atoms with Crippen molar-refractivity contribution in [2.75, 3.05) is 6.61 Å². The lowest BCUT2D eigenvalue weighted by molar-refractivity contribution is -0.183. The molecule has 5 atom stereocenters. The molecule has 0 aromatic rings. The molecule has 14 heavy (non-hydrogen) atoms. The number of ether oxygens (including phenoxy) is 1. The highest BCUT2D eigenvalue weighted by atomic mass is 16.6. The van der Waals surface area contributed by atoms with E-state index in [0.29, 0.717) is 13.0 Å². The SMILES string of the molecule is CC1CC(C(=O)O)C2CCOC(O)C12. The van der Waals surface area contributed by atoms with Crippen LogP contribution in [0.2, 0.25) is 0 Å². The van der Waals surface area contributed by atoms with Crippen molar-refractivity contribution in [3.63, 3.8) is 0 Å². The molecule has 5 unspecified atom stereocenters. The van der Waals surface area contributed by atoms with Gasteiger partial charge in [0, 0.05) is 5.92 Å². The Bertz CT molecular complexity index is 240. The molecular formula is C10H16O4. The summed E-state index contributed by atoms with van der Waals surface area (Å²) in [5.41, 5.74) is 0. The molecule has 0 spiro atoms. The van der Waals surface area contributed by atoms with E-state index in [-0.39, 0.29) is 23.7 Å². The fourth-order valence-electron chi connectivity index (χ4n) is 3.03. The number of rotatable bonds is 1. The molecule has 4 nitrogen and oxygen atoms in total. The second kappa shape index (κ2) is 3.51. The molecule has 0 aromatic heterocycles. The van der Waals surface area contributed by atoms with Crippen molar-refractivity contribution < 1.29 is 19.7 Å². The Balaban J connectivity index is 2.17. The van der Waals surface area contributed by atoms with Gasteiger partial charge in [-0.15, -0.1) is 0 Å². The van der Waals surface area contributed by atoms with Gasteiger partial charge in [0.1, 0.15) is 0 Å². The molecule has 2 rings (SSSR count). The molecule has 1 aliphatic carbocycles. The van der Waals surface area contributed by atoms with Crippen molar-refractivity contribution in [2.45, 2.75) is 26.1 Å². The number of aliphatic hydroxyl groups is 1. The second-order valence-electron chi connectivity index (χ2n) is 4.45. The standard InChI is InChI=1S/C10H16O4/c1-5-4-7(9(11)12)6-2-3-14-10(13)8(5)6/h5-8,10,13H,2-4H2,1H3,(H,11,12). The highest BCUT2D eigenvalue weighted by molar-refractivity contribution is 5.71. The van der Waals surface area contributed by atoms with E-state index in [2.05, 4.69) is 0 Å². The van der Waals surface area contributed by atoms with Gasteiger partial charge in [-0.3, -0.25) is 4.79 Å². The van der Waals surface area contributed by atoms with Crippen LogP contribution >= 0.6 is 0 Å². The van der Waals surface area contributed by atoms with Crippen molar-refractivity contribution in [1.82, 2.24) is 0 Å². The average Bonchev–Trinajstić information content (AvgIpc) is 2.45. The van der Waals surface area contributed by atoms with E-state index in [9.17, 15) is 9.90 Å². The molecule has 2 aliphatic rings. The normalized spacial score (nSPS) is 47.4. The molecule has 0 amide bonds. The second-order valence-corrected chi connectivity index (χ2v) is 4.45. The van der Waals surface area contributed by atoms with Gasteiger partial charge in [0.15, 0.2) is 6.29 Å². The van der Waals surface area contributed by atoms with Gasteiger partial charge < -0.3 is 14.9 Å². The lowest BCUT2D eigenvalue weighted by Gasteiger charge is -2.33. The minimum absolute atomic E-state index is 0.0184. The van der Waals surface area contributed by atoms with Crippen LogP contribution in [0.1, 0.15) is 19.8 Å². The van der Waals surface area contributed by atoms with Crippen LogP contribution in [0.4, 0.5) is 0 Å². The first-order chi connectivity index (χ1) is 6.61. The van der Waals surface area contributed by atoms with Gasteiger partial charge in [0.05, 0.1) is 12.5 Å². The van der Waals surface area contributed by atoms with Gasteiger partial charge in [0.2, 0.25) is 0 Å². The molecule has 80 valence electrons. The highest BCUT2D eigenvalue weighted by Crippen LogP contribution is 2.47. The molecule has 1 aliphatic heterocycles. The summed E-state index contributed by atoms with van der Waals surface area (Å²) in [7, 11) is 0. The minimum Gasteiger partial charge on any atom is -0.481 e. The third-order valence-corrected chi connectivity index (χ3v) is 3.68. The average molecular weight is 200 g/mol. The van der Waals surface area contributed by atoms with Crippen molar-refractivity contribution in [3.05, 3.63) is 0 Å². The van der Waals surface area contributed by atoms with E-state index in [1.807, 2.05) is 6.92 Å². The van der Waals surface area contributed by atoms with E-state index < -0.39 is 12.3 Å². The van der Waals surface area contributed by atoms with Gasteiger partial charge in [-0.05, 0) is 24.7 Å². The summed E-state index contributed by atoms with van der Waals surface area (Å²) in [5, 5.41) is 18.7. The summed E-state index contributed by atoms with van der Waals surface area (Å²) in [6.07, 6.45) is 0.682. The molecule has 1 saturated heterocycles. The van der Waals surface area contributed by atoms with Crippen LogP contribution in [0, 0.1) is 23.7 Å². The smallest absolute Gasteiger partial charge is 0.306 e. The summed E-state index contributed by atoms with van der Waals surface area (Å²) < 4.78 is 5.15. The fraction of sp³-hybridized carbons (Fsp3) is 0.900. The van der Waals surface area contributed by atoms with Gasteiger partial charge >= 0.3 is 5.97 Å². The number of carboxylic acid groups (broad SMARTS) is 1. The molecule has 2 N–H and O–H groups in total. The van der Waals surface area contributed by atoms with Crippen molar-refractivity contribution in [2.24, 2.45) is 23.7 Å². The molecular weight excluding hydrogens is 184 g/mol. The van der Waals surface area contributed by atoms with E-state index in [0.717, 1.165) is 6.42 Å². The maximum atomic E-state index is 11.0. The Morgan fingerprint density at radius 3 is 2.86 bits per heavy atom. The molecule has 0 aromatic carbocycles. The van der Waals surface area contributed by atoms with Gasteiger partial charge in [-0.2, -0.15) is 0 Å². The quantitative estimate of drug-likeness (QED) is 0.653. The van der Waals surface area contributed by atoms with Crippen LogP contribution < -0.4 is 0 Å². The Kier molecular flexibility index (Phi) is 2.49. The molecule has 1 saturated carbocycles. The first-order valence-electron chi connectivity index (χ1n) is 5.13. The van der Waals surface area contributed by atoms with Crippen LogP contribution in [0.25, 0.3) is 0 Å². The van der Waals surface area contributed by atoms with Gasteiger partial charge in [0.25, 0.3) is 0 Å². The number of carboxylic acids is 1. The van der Waals surface area contributed by atoms with Crippen LogP contribution in [0.15, 0.2) is 0 Å². The van der Waals surface area contributed by atoms with E-state index in [4.69, 9.17) is 9.84 Å². The third-order valence-electron chi connectivity index (χ3n) is 3.68.